The van der Waals surface area contributed by atoms with Crippen LogP contribution in [0.3, 0.4) is 0 Å². The van der Waals surface area contributed by atoms with Gasteiger partial charge in [0.05, 0.1) is 6.61 Å². The molecule has 0 unspecified atom stereocenters. The van der Waals surface area contributed by atoms with Crippen molar-refractivity contribution in [2.75, 3.05) is 20.3 Å². The van der Waals surface area contributed by atoms with Gasteiger partial charge in [-0.3, -0.25) is 4.79 Å². The molecule has 0 N–H and O–H groups in total. The van der Waals surface area contributed by atoms with Gasteiger partial charge in [-0.05, 0) is 38.5 Å². The number of hydrogen-bond donors (Lipinski definition) is 1. The van der Waals surface area contributed by atoms with Gasteiger partial charge in [-0.1, -0.05) is 6.07 Å². The summed E-state index contributed by atoms with van der Waals surface area (Å²) in [6, 6.07) is 5.79. The smallest absolute Gasteiger partial charge is 0.254 e. The van der Waals surface area contributed by atoms with Crippen molar-refractivity contribution in [1.29, 1.82) is 0 Å². The van der Waals surface area contributed by atoms with Gasteiger partial charge in [0.15, 0.2) is 0 Å². The van der Waals surface area contributed by atoms with E-state index in [1.807, 2.05) is 43.9 Å². The minimum atomic E-state index is 0.0375. The molecule has 0 heterocycles. The van der Waals surface area contributed by atoms with Gasteiger partial charge in [-0.2, -0.15) is 0 Å². The quantitative estimate of drug-likeness (QED) is 0.831. The summed E-state index contributed by atoms with van der Waals surface area (Å²) in [6.45, 7) is 7.10. The molecule has 100 valence electrons. The number of thiol groups is 1. The maximum atomic E-state index is 12.5. The first-order valence-electron chi connectivity index (χ1n) is 6.07. The number of ether oxygens (including phenoxy) is 1. The molecule has 4 heteroatoms. The second-order valence-corrected chi connectivity index (χ2v) is 5.10. The molecule has 1 rings (SSSR count). The lowest BCUT2D eigenvalue weighted by Crippen LogP contribution is -2.39. The fourth-order valence-electron chi connectivity index (χ4n) is 1.78. The fraction of sp³-hybridized carbons (Fsp3) is 0.500. The van der Waals surface area contributed by atoms with Crippen molar-refractivity contribution >= 4 is 18.5 Å². The Morgan fingerprint density at radius 2 is 2.11 bits per heavy atom. The first-order valence-corrected chi connectivity index (χ1v) is 6.51. The third kappa shape index (κ3) is 3.75. The van der Waals surface area contributed by atoms with Crippen LogP contribution in [0.15, 0.2) is 23.1 Å². The van der Waals surface area contributed by atoms with E-state index in [9.17, 15) is 4.79 Å². The van der Waals surface area contributed by atoms with E-state index in [1.54, 1.807) is 7.11 Å². The number of carbonyl (C=O) groups is 1. The highest BCUT2D eigenvalue weighted by Crippen LogP contribution is 2.17. The lowest BCUT2D eigenvalue weighted by molar-refractivity contribution is 0.0634. The molecule has 1 aromatic rings. The predicted molar refractivity (Wildman–Crippen MR) is 76.5 cm³/mol. The van der Waals surface area contributed by atoms with Gasteiger partial charge in [0.2, 0.25) is 0 Å². The standard InChI is InChI=1S/C14H21NO2S/c1-10(2)15(7-8-17-4)14(16)13-9-12(18)6-5-11(13)3/h5-6,9-10,18H,7-8H2,1-4H3. The molecule has 0 aliphatic rings. The molecular formula is C14H21NO2S. The Morgan fingerprint density at radius 1 is 1.44 bits per heavy atom. The van der Waals surface area contributed by atoms with Crippen LogP contribution in [0.25, 0.3) is 0 Å². The molecule has 0 spiro atoms. The number of amides is 1. The highest BCUT2D eigenvalue weighted by Gasteiger charge is 2.20. The minimum absolute atomic E-state index is 0.0375. The number of carbonyl (C=O) groups excluding carboxylic acids is 1. The van der Waals surface area contributed by atoms with Gasteiger partial charge in [0.25, 0.3) is 5.91 Å². The number of nitrogens with zero attached hydrogens (tertiary/aromatic N) is 1. The van der Waals surface area contributed by atoms with Crippen molar-refractivity contribution in [3.8, 4) is 0 Å². The molecule has 3 nitrogen and oxygen atoms in total. The van der Waals surface area contributed by atoms with Crippen molar-refractivity contribution in [3.05, 3.63) is 29.3 Å². The van der Waals surface area contributed by atoms with Gasteiger partial charge in [0.1, 0.15) is 0 Å². The van der Waals surface area contributed by atoms with Crippen LogP contribution in [-0.4, -0.2) is 37.1 Å². The Balaban J connectivity index is 2.98. The summed E-state index contributed by atoms with van der Waals surface area (Å²) in [5.74, 6) is 0.0375. The SMILES string of the molecule is COCCN(C(=O)c1cc(S)ccc1C)C(C)C. The van der Waals surface area contributed by atoms with Crippen molar-refractivity contribution < 1.29 is 9.53 Å². The number of rotatable bonds is 5. The molecule has 0 aromatic heterocycles. The van der Waals surface area contributed by atoms with Crippen molar-refractivity contribution in [1.82, 2.24) is 4.90 Å². The van der Waals surface area contributed by atoms with Crippen molar-refractivity contribution in [3.63, 3.8) is 0 Å². The van der Waals surface area contributed by atoms with E-state index >= 15 is 0 Å². The van der Waals surface area contributed by atoms with Crippen LogP contribution in [0.4, 0.5) is 0 Å². The van der Waals surface area contributed by atoms with Crippen LogP contribution in [0, 0.1) is 6.92 Å². The molecule has 0 aliphatic carbocycles. The lowest BCUT2D eigenvalue weighted by Gasteiger charge is -2.27. The fourth-order valence-corrected chi connectivity index (χ4v) is 1.98. The van der Waals surface area contributed by atoms with E-state index in [4.69, 9.17) is 4.74 Å². The van der Waals surface area contributed by atoms with E-state index in [1.165, 1.54) is 0 Å². The molecule has 0 saturated heterocycles. The summed E-state index contributed by atoms with van der Waals surface area (Å²) < 4.78 is 5.05. The maximum Gasteiger partial charge on any atom is 0.254 e. The Kier molecular flexibility index (Phi) is 5.69. The van der Waals surface area contributed by atoms with Crippen LogP contribution in [-0.2, 0) is 4.74 Å². The van der Waals surface area contributed by atoms with Gasteiger partial charge < -0.3 is 9.64 Å². The van der Waals surface area contributed by atoms with E-state index in [2.05, 4.69) is 12.6 Å². The van der Waals surface area contributed by atoms with Crippen LogP contribution in [0.2, 0.25) is 0 Å². The zero-order valence-corrected chi connectivity index (χ0v) is 12.3. The second-order valence-electron chi connectivity index (χ2n) is 4.58. The van der Waals surface area contributed by atoms with E-state index < -0.39 is 0 Å². The molecular weight excluding hydrogens is 246 g/mol. The third-order valence-electron chi connectivity index (χ3n) is 2.87. The second kappa shape index (κ2) is 6.81. The molecule has 1 aromatic carbocycles. The normalized spacial score (nSPS) is 10.8. The third-order valence-corrected chi connectivity index (χ3v) is 3.15. The van der Waals surface area contributed by atoms with Crippen molar-refractivity contribution in [2.45, 2.75) is 31.7 Å². The summed E-state index contributed by atoms with van der Waals surface area (Å²) in [4.78, 5) is 15.1. The van der Waals surface area contributed by atoms with Crippen LogP contribution in [0.5, 0.6) is 0 Å². The van der Waals surface area contributed by atoms with Gasteiger partial charge >= 0.3 is 0 Å². The van der Waals surface area contributed by atoms with E-state index in [0.29, 0.717) is 18.7 Å². The number of hydrogen-bond acceptors (Lipinski definition) is 3. The predicted octanol–water partition coefficient (Wildman–Crippen LogP) is 2.78. The Bertz CT molecular complexity index is 418. The number of aryl methyl sites for hydroxylation is 1. The molecule has 1 amide bonds. The van der Waals surface area contributed by atoms with Crippen LogP contribution >= 0.6 is 12.6 Å². The monoisotopic (exact) mass is 267 g/mol. The largest absolute Gasteiger partial charge is 0.383 e. The summed E-state index contributed by atoms with van der Waals surface area (Å²) in [5, 5.41) is 0. The highest BCUT2D eigenvalue weighted by molar-refractivity contribution is 7.80. The lowest BCUT2D eigenvalue weighted by atomic mass is 10.1. The first kappa shape index (κ1) is 15.1. The van der Waals surface area contributed by atoms with Crippen LogP contribution < -0.4 is 0 Å². The maximum absolute atomic E-state index is 12.5. The topological polar surface area (TPSA) is 29.5 Å². The summed E-state index contributed by atoms with van der Waals surface area (Å²) in [7, 11) is 1.64. The van der Waals surface area contributed by atoms with Crippen molar-refractivity contribution in [2.24, 2.45) is 0 Å². The summed E-state index contributed by atoms with van der Waals surface area (Å²) in [6.07, 6.45) is 0. The highest BCUT2D eigenvalue weighted by atomic mass is 32.1. The van der Waals surface area contributed by atoms with Gasteiger partial charge in [0, 0.05) is 30.2 Å². The average Bonchev–Trinajstić information content (AvgIpc) is 2.32. The number of methoxy groups -OCH3 is 1. The molecule has 18 heavy (non-hydrogen) atoms. The van der Waals surface area contributed by atoms with E-state index in [0.717, 1.165) is 10.5 Å². The zero-order chi connectivity index (χ0) is 13.7. The molecule has 0 aliphatic heterocycles. The van der Waals surface area contributed by atoms with Gasteiger partial charge in [-0.15, -0.1) is 12.6 Å². The van der Waals surface area contributed by atoms with E-state index in [-0.39, 0.29) is 11.9 Å². The first-order chi connectivity index (χ1) is 8.47. The van der Waals surface area contributed by atoms with Crippen LogP contribution in [0.1, 0.15) is 29.8 Å². The molecule has 0 radical (unpaired) electrons. The zero-order valence-electron chi connectivity index (χ0n) is 11.4. The Morgan fingerprint density at radius 3 is 2.67 bits per heavy atom. The molecule has 0 saturated carbocycles. The van der Waals surface area contributed by atoms with Gasteiger partial charge in [-0.25, -0.2) is 0 Å². The summed E-state index contributed by atoms with van der Waals surface area (Å²) >= 11 is 4.29. The summed E-state index contributed by atoms with van der Waals surface area (Å²) in [5.41, 5.74) is 1.69. The minimum Gasteiger partial charge on any atom is -0.383 e. The number of benzene rings is 1. The molecule has 0 fully saturated rings. The average molecular weight is 267 g/mol. The Hall–Kier alpha value is -1.00. The molecule has 0 atom stereocenters. The molecule has 0 bridgehead atoms. The Labute approximate surface area is 115 Å².